The SMILES string of the molecule is CCCC(C)(CCC)COc1ccc(-c2ccc3c(c2)CCC3=O)c(OCC2(CO)COC2)c1OC. The number of Topliss-reactive ketones (excluding diaryl/α,β-unsaturated/α-hetero) is 1. The van der Waals surface area contributed by atoms with Crippen molar-refractivity contribution in [3.8, 4) is 28.4 Å². The van der Waals surface area contributed by atoms with Crippen LogP contribution >= 0.6 is 0 Å². The number of ether oxygens (including phenoxy) is 4. The molecule has 4 rings (SSSR count). The van der Waals surface area contributed by atoms with Crippen LogP contribution in [-0.4, -0.2) is 51.0 Å². The van der Waals surface area contributed by atoms with Crippen molar-refractivity contribution in [2.75, 3.05) is 40.1 Å². The maximum Gasteiger partial charge on any atom is 0.203 e. The van der Waals surface area contributed by atoms with Gasteiger partial charge in [-0.1, -0.05) is 51.8 Å². The second-order valence-electron chi connectivity index (χ2n) is 10.8. The fraction of sp³-hybridized carbons (Fsp3) is 0.567. The minimum absolute atomic E-state index is 0.00577. The van der Waals surface area contributed by atoms with Crippen molar-refractivity contribution in [2.24, 2.45) is 10.8 Å². The Hall–Kier alpha value is -2.57. The Morgan fingerprint density at radius 3 is 2.33 bits per heavy atom. The van der Waals surface area contributed by atoms with E-state index in [0.29, 0.717) is 50.1 Å². The number of ketones is 1. The Bertz CT molecular complexity index is 1060. The van der Waals surface area contributed by atoms with Crippen molar-refractivity contribution >= 4 is 5.78 Å². The lowest BCUT2D eigenvalue weighted by atomic mass is 9.82. The van der Waals surface area contributed by atoms with Crippen LogP contribution in [0.1, 0.15) is 68.8 Å². The number of rotatable bonds is 13. The fourth-order valence-corrected chi connectivity index (χ4v) is 5.41. The van der Waals surface area contributed by atoms with Gasteiger partial charge in [-0.25, -0.2) is 0 Å². The largest absolute Gasteiger partial charge is 0.490 e. The number of aryl methyl sites for hydroxylation is 1. The van der Waals surface area contributed by atoms with E-state index in [9.17, 15) is 9.90 Å². The normalized spacial score (nSPS) is 16.4. The minimum Gasteiger partial charge on any atom is -0.490 e. The molecule has 0 bridgehead atoms. The molecule has 1 N–H and O–H groups in total. The Morgan fingerprint density at radius 1 is 1.00 bits per heavy atom. The van der Waals surface area contributed by atoms with E-state index in [2.05, 4.69) is 26.8 Å². The molecular formula is C30H40O6. The first-order valence-electron chi connectivity index (χ1n) is 13.2. The van der Waals surface area contributed by atoms with Crippen LogP contribution in [0, 0.1) is 10.8 Å². The van der Waals surface area contributed by atoms with Crippen LogP contribution in [0.3, 0.4) is 0 Å². The summed E-state index contributed by atoms with van der Waals surface area (Å²) in [5, 5.41) is 9.94. The van der Waals surface area contributed by atoms with Gasteiger partial charge in [0.2, 0.25) is 5.75 Å². The summed E-state index contributed by atoms with van der Waals surface area (Å²) in [6.45, 7) is 8.53. The van der Waals surface area contributed by atoms with E-state index in [1.165, 1.54) is 0 Å². The predicted octanol–water partition coefficient (Wildman–Crippen LogP) is 5.86. The zero-order valence-corrected chi connectivity index (χ0v) is 22.2. The highest BCUT2D eigenvalue weighted by Gasteiger charge is 2.40. The molecule has 0 unspecified atom stereocenters. The summed E-state index contributed by atoms with van der Waals surface area (Å²) in [4.78, 5) is 12.2. The van der Waals surface area contributed by atoms with E-state index >= 15 is 0 Å². The Kier molecular flexibility index (Phi) is 8.26. The van der Waals surface area contributed by atoms with Gasteiger partial charge in [0.1, 0.15) is 6.61 Å². The smallest absolute Gasteiger partial charge is 0.203 e. The molecule has 1 aliphatic heterocycles. The molecule has 0 spiro atoms. The molecule has 0 saturated carbocycles. The molecule has 6 nitrogen and oxygen atoms in total. The van der Waals surface area contributed by atoms with Crippen molar-refractivity contribution in [3.05, 3.63) is 41.5 Å². The summed E-state index contributed by atoms with van der Waals surface area (Å²) >= 11 is 0. The standard InChI is InChI=1S/C30H40O6/c1-5-13-29(3,14-6-2)17-35-26-12-10-24(22-7-9-23-21(15-22)8-11-25(23)32)27(28(26)33-4)36-20-30(16-31)18-34-19-30/h7,9-10,12,15,31H,5-6,8,11,13-14,16-20H2,1-4H3. The van der Waals surface area contributed by atoms with Crippen molar-refractivity contribution in [3.63, 3.8) is 0 Å². The van der Waals surface area contributed by atoms with E-state index in [0.717, 1.165) is 54.4 Å². The third kappa shape index (κ3) is 5.40. The Morgan fingerprint density at radius 2 is 1.72 bits per heavy atom. The molecular weight excluding hydrogens is 456 g/mol. The van der Waals surface area contributed by atoms with E-state index in [4.69, 9.17) is 18.9 Å². The molecule has 2 aromatic rings. The van der Waals surface area contributed by atoms with Crippen LogP contribution < -0.4 is 14.2 Å². The third-order valence-corrected chi connectivity index (χ3v) is 7.58. The fourth-order valence-electron chi connectivity index (χ4n) is 5.41. The molecule has 196 valence electrons. The number of fused-ring (bicyclic) bond motifs is 1. The van der Waals surface area contributed by atoms with Crippen LogP contribution in [0.4, 0.5) is 0 Å². The second-order valence-corrected chi connectivity index (χ2v) is 10.8. The summed E-state index contributed by atoms with van der Waals surface area (Å²) in [6.07, 6.45) is 5.72. The van der Waals surface area contributed by atoms with Crippen LogP contribution in [0.15, 0.2) is 30.3 Å². The molecule has 36 heavy (non-hydrogen) atoms. The second kappa shape index (κ2) is 11.2. The topological polar surface area (TPSA) is 74.2 Å². The van der Waals surface area contributed by atoms with E-state index in [1.54, 1.807) is 7.11 Å². The lowest BCUT2D eigenvalue weighted by molar-refractivity contribution is -0.153. The number of methoxy groups -OCH3 is 1. The molecule has 0 amide bonds. The molecule has 2 aromatic carbocycles. The van der Waals surface area contributed by atoms with Gasteiger partial charge in [0.05, 0.1) is 39.0 Å². The third-order valence-electron chi connectivity index (χ3n) is 7.58. The van der Waals surface area contributed by atoms with Crippen molar-refractivity contribution in [2.45, 2.75) is 59.3 Å². The number of carbonyl (C=O) groups excluding carboxylic acids is 1. The summed E-state index contributed by atoms with van der Waals surface area (Å²) in [5.74, 6) is 1.99. The number of carbonyl (C=O) groups is 1. The van der Waals surface area contributed by atoms with Gasteiger partial charge in [0.15, 0.2) is 17.3 Å². The first-order valence-corrected chi connectivity index (χ1v) is 13.2. The molecule has 6 heteroatoms. The molecule has 1 fully saturated rings. The Labute approximate surface area is 214 Å². The van der Waals surface area contributed by atoms with Crippen molar-refractivity contribution in [1.82, 2.24) is 0 Å². The van der Waals surface area contributed by atoms with Gasteiger partial charge in [0, 0.05) is 23.0 Å². The van der Waals surface area contributed by atoms with E-state index in [1.807, 2.05) is 24.3 Å². The van der Waals surface area contributed by atoms with Crippen LogP contribution in [0.2, 0.25) is 0 Å². The van der Waals surface area contributed by atoms with Gasteiger partial charge in [-0.15, -0.1) is 0 Å². The highest BCUT2D eigenvalue weighted by Crippen LogP contribution is 2.47. The number of aliphatic hydroxyl groups is 1. The molecule has 0 atom stereocenters. The lowest BCUT2D eigenvalue weighted by Crippen LogP contribution is -2.50. The summed E-state index contributed by atoms with van der Waals surface area (Å²) in [6, 6.07) is 9.92. The number of aliphatic hydroxyl groups excluding tert-OH is 1. The van der Waals surface area contributed by atoms with Gasteiger partial charge >= 0.3 is 0 Å². The van der Waals surface area contributed by atoms with Crippen molar-refractivity contribution < 1.29 is 28.8 Å². The summed E-state index contributed by atoms with van der Waals surface area (Å²) in [5.41, 5.74) is 3.39. The first kappa shape index (κ1) is 26.5. The van der Waals surface area contributed by atoms with Gasteiger partial charge in [0.25, 0.3) is 0 Å². The average Bonchev–Trinajstić information content (AvgIpc) is 3.22. The quantitative estimate of drug-likeness (QED) is 0.374. The van der Waals surface area contributed by atoms with Gasteiger partial charge in [-0.3, -0.25) is 4.79 Å². The van der Waals surface area contributed by atoms with Crippen LogP contribution in [0.25, 0.3) is 11.1 Å². The van der Waals surface area contributed by atoms with Gasteiger partial charge in [-0.2, -0.15) is 0 Å². The maximum atomic E-state index is 12.2. The zero-order chi connectivity index (χ0) is 25.8. The van der Waals surface area contributed by atoms with Gasteiger partial charge in [-0.05, 0) is 42.5 Å². The molecule has 0 aromatic heterocycles. The summed E-state index contributed by atoms with van der Waals surface area (Å²) in [7, 11) is 1.63. The van der Waals surface area contributed by atoms with Crippen LogP contribution in [-0.2, 0) is 11.2 Å². The zero-order valence-electron chi connectivity index (χ0n) is 22.2. The number of hydrogen-bond acceptors (Lipinski definition) is 6. The van der Waals surface area contributed by atoms with Crippen LogP contribution in [0.5, 0.6) is 17.2 Å². The highest BCUT2D eigenvalue weighted by atomic mass is 16.5. The number of hydrogen-bond donors (Lipinski definition) is 1. The van der Waals surface area contributed by atoms with E-state index < -0.39 is 5.41 Å². The predicted molar refractivity (Wildman–Crippen MR) is 140 cm³/mol. The Balaban J connectivity index is 1.70. The highest BCUT2D eigenvalue weighted by molar-refractivity contribution is 6.01. The first-order chi connectivity index (χ1) is 17.4. The molecule has 2 aliphatic rings. The summed E-state index contributed by atoms with van der Waals surface area (Å²) < 4.78 is 24.1. The molecule has 1 aliphatic carbocycles. The van der Waals surface area contributed by atoms with Crippen molar-refractivity contribution in [1.29, 1.82) is 0 Å². The monoisotopic (exact) mass is 496 g/mol. The van der Waals surface area contributed by atoms with Gasteiger partial charge < -0.3 is 24.1 Å². The molecule has 1 heterocycles. The van der Waals surface area contributed by atoms with E-state index in [-0.39, 0.29) is 17.8 Å². The maximum absolute atomic E-state index is 12.2. The minimum atomic E-state index is -0.412. The average molecular weight is 497 g/mol. The lowest BCUT2D eigenvalue weighted by Gasteiger charge is -2.39. The molecule has 0 radical (unpaired) electrons. The molecule has 1 saturated heterocycles. The number of benzene rings is 2.